The highest BCUT2D eigenvalue weighted by molar-refractivity contribution is 5.94. The van der Waals surface area contributed by atoms with E-state index in [1.54, 1.807) is 4.57 Å². The molecule has 0 fully saturated rings. The molecule has 2 N–H and O–H groups in total. The van der Waals surface area contributed by atoms with E-state index in [4.69, 9.17) is 10.5 Å². The summed E-state index contributed by atoms with van der Waals surface area (Å²) in [5.41, 5.74) is 6.52. The fraction of sp³-hybridized carbons (Fsp3) is 0.462. The summed E-state index contributed by atoms with van der Waals surface area (Å²) in [5, 5.41) is 0. The molecule has 0 saturated heterocycles. The molecule has 10 nitrogen and oxygen atoms in total. The first kappa shape index (κ1) is 16.5. The normalized spacial score (nSPS) is 10.8. The van der Waals surface area contributed by atoms with Gasteiger partial charge in [-0.1, -0.05) is 0 Å². The van der Waals surface area contributed by atoms with Crippen molar-refractivity contribution in [3.8, 4) is 5.88 Å². The monoisotopic (exact) mass is 323 g/mol. The molecule has 0 saturated carbocycles. The van der Waals surface area contributed by atoms with Gasteiger partial charge in [0.2, 0.25) is 11.8 Å². The lowest BCUT2D eigenvalue weighted by Crippen LogP contribution is -2.27. The van der Waals surface area contributed by atoms with Crippen LogP contribution in [0.25, 0.3) is 11.2 Å². The first-order valence-electron chi connectivity index (χ1n) is 6.69. The van der Waals surface area contributed by atoms with E-state index in [1.807, 2.05) is 0 Å². The summed E-state index contributed by atoms with van der Waals surface area (Å²) in [6.45, 7) is 0.283. The Labute approximate surface area is 131 Å². The summed E-state index contributed by atoms with van der Waals surface area (Å²) in [5.74, 6) is -2.05. The first-order valence-corrected chi connectivity index (χ1v) is 6.69. The molecule has 0 aliphatic carbocycles. The second-order valence-corrected chi connectivity index (χ2v) is 4.59. The van der Waals surface area contributed by atoms with Crippen LogP contribution in [-0.4, -0.2) is 52.8 Å². The fourth-order valence-corrected chi connectivity index (χ4v) is 2.12. The van der Waals surface area contributed by atoms with Gasteiger partial charge in [-0.25, -0.2) is 4.98 Å². The molecule has 10 heteroatoms. The molecule has 0 unspecified atom stereocenters. The maximum atomic E-state index is 11.7. The minimum Gasteiger partial charge on any atom is -0.479 e. The number of aryl methyl sites for hydroxylation is 1. The van der Waals surface area contributed by atoms with E-state index in [0.717, 1.165) is 0 Å². The number of hydrogen-bond donors (Lipinski definition) is 1. The van der Waals surface area contributed by atoms with Crippen molar-refractivity contribution in [3.63, 3.8) is 0 Å². The van der Waals surface area contributed by atoms with Crippen molar-refractivity contribution >= 4 is 29.1 Å². The lowest BCUT2D eigenvalue weighted by Gasteiger charge is -2.12. The molecular formula is C13H17N5O5. The predicted octanol–water partition coefficient (Wildman–Crippen LogP) is -0.231. The van der Waals surface area contributed by atoms with Crippen molar-refractivity contribution < 1.29 is 23.8 Å². The number of methoxy groups -OCH3 is 3. The zero-order valence-corrected chi connectivity index (χ0v) is 13.0. The van der Waals surface area contributed by atoms with Gasteiger partial charge in [0.05, 0.1) is 27.7 Å². The average molecular weight is 323 g/mol. The number of imidazole rings is 1. The second kappa shape index (κ2) is 6.90. The van der Waals surface area contributed by atoms with Crippen LogP contribution < -0.4 is 10.5 Å². The number of anilines is 1. The molecule has 0 spiro atoms. The first-order chi connectivity index (χ1) is 11.0. The maximum absolute atomic E-state index is 11.7. The van der Waals surface area contributed by atoms with Gasteiger partial charge >= 0.3 is 11.9 Å². The minimum absolute atomic E-state index is 0.0357. The molecule has 2 aromatic rings. The molecule has 0 amide bonds. The molecular weight excluding hydrogens is 306 g/mol. The molecule has 2 heterocycles. The van der Waals surface area contributed by atoms with Gasteiger partial charge in [-0.15, -0.1) is 0 Å². The van der Waals surface area contributed by atoms with Crippen LogP contribution in [0, 0.1) is 5.92 Å². The van der Waals surface area contributed by atoms with E-state index in [-0.39, 0.29) is 24.8 Å². The Kier molecular flexibility index (Phi) is 4.94. The Balaban J connectivity index is 2.26. The van der Waals surface area contributed by atoms with Crippen molar-refractivity contribution in [2.24, 2.45) is 5.92 Å². The third-order valence-corrected chi connectivity index (χ3v) is 3.27. The van der Waals surface area contributed by atoms with E-state index in [1.165, 1.54) is 27.7 Å². The van der Waals surface area contributed by atoms with E-state index < -0.39 is 17.9 Å². The molecule has 124 valence electrons. The van der Waals surface area contributed by atoms with Crippen molar-refractivity contribution in [3.05, 3.63) is 6.33 Å². The van der Waals surface area contributed by atoms with Gasteiger partial charge in [0.1, 0.15) is 0 Å². The molecule has 2 rings (SSSR count). The van der Waals surface area contributed by atoms with Crippen molar-refractivity contribution in [2.45, 2.75) is 13.0 Å². The number of carbonyl (C=O) groups is 2. The van der Waals surface area contributed by atoms with Gasteiger partial charge in [0.25, 0.3) is 0 Å². The molecule has 0 bridgehead atoms. The number of esters is 2. The topological polar surface area (TPSA) is 131 Å². The second-order valence-electron chi connectivity index (χ2n) is 4.59. The number of hydrogen-bond acceptors (Lipinski definition) is 9. The van der Waals surface area contributed by atoms with Gasteiger partial charge in [-0.2, -0.15) is 9.97 Å². The Bertz CT molecular complexity index is 713. The number of nitrogen functional groups attached to an aromatic ring is 1. The molecule has 0 aliphatic heterocycles. The number of nitrogens with two attached hydrogens (primary N) is 1. The molecule has 2 aromatic heterocycles. The zero-order valence-electron chi connectivity index (χ0n) is 13.0. The number of carbonyl (C=O) groups excluding carboxylic acids is 2. The number of aromatic nitrogens is 4. The Morgan fingerprint density at radius 3 is 2.43 bits per heavy atom. The van der Waals surface area contributed by atoms with E-state index in [2.05, 4.69) is 24.4 Å². The Morgan fingerprint density at radius 1 is 1.22 bits per heavy atom. The quantitative estimate of drug-likeness (QED) is 0.565. The molecule has 0 aliphatic rings. The van der Waals surface area contributed by atoms with Crippen LogP contribution in [-0.2, 0) is 25.6 Å². The van der Waals surface area contributed by atoms with E-state index >= 15 is 0 Å². The Morgan fingerprint density at radius 2 is 1.87 bits per heavy atom. The van der Waals surface area contributed by atoms with Crippen LogP contribution in [0.3, 0.4) is 0 Å². The van der Waals surface area contributed by atoms with Crippen LogP contribution in [0.15, 0.2) is 6.33 Å². The lowest BCUT2D eigenvalue weighted by molar-refractivity contribution is -0.159. The summed E-state index contributed by atoms with van der Waals surface area (Å²) < 4.78 is 16.0. The maximum Gasteiger partial charge on any atom is 0.320 e. The molecule has 0 radical (unpaired) electrons. The molecule has 23 heavy (non-hydrogen) atoms. The number of fused-ring (bicyclic) bond motifs is 1. The van der Waals surface area contributed by atoms with Crippen molar-refractivity contribution in [2.75, 3.05) is 27.1 Å². The third kappa shape index (κ3) is 3.30. The highest BCUT2D eigenvalue weighted by Crippen LogP contribution is 2.22. The van der Waals surface area contributed by atoms with Gasteiger partial charge < -0.3 is 24.5 Å². The zero-order chi connectivity index (χ0) is 17.0. The lowest BCUT2D eigenvalue weighted by atomic mass is 10.1. The molecule has 0 aromatic carbocycles. The van der Waals surface area contributed by atoms with Crippen LogP contribution in [0.2, 0.25) is 0 Å². The van der Waals surface area contributed by atoms with Gasteiger partial charge in [0, 0.05) is 6.54 Å². The largest absolute Gasteiger partial charge is 0.479 e. The van der Waals surface area contributed by atoms with Crippen LogP contribution in [0.4, 0.5) is 5.95 Å². The van der Waals surface area contributed by atoms with E-state index in [0.29, 0.717) is 11.2 Å². The smallest absolute Gasteiger partial charge is 0.320 e. The van der Waals surface area contributed by atoms with Gasteiger partial charge in [-0.05, 0) is 6.42 Å². The molecule has 0 atom stereocenters. The standard InChI is InChI=1S/C13H17N5O5/c1-21-10-8-9(16-13(14)17-10)18(6-15-8)5-4-7(11(19)22-2)12(20)23-3/h6-7H,4-5H2,1-3H3,(H2,14,16,17). The van der Waals surface area contributed by atoms with Crippen molar-refractivity contribution in [1.82, 2.24) is 19.5 Å². The average Bonchev–Trinajstić information content (AvgIpc) is 2.96. The Hall–Kier alpha value is -2.91. The highest BCUT2D eigenvalue weighted by Gasteiger charge is 2.28. The number of ether oxygens (including phenoxy) is 3. The summed E-state index contributed by atoms with van der Waals surface area (Å²) >= 11 is 0. The summed E-state index contributed by atoms with van der Waals surface area (Å²) in [6.07, 6.45) is 1.67. The summed E-state index contributed by atoms with van der Waals surface area (Å²) in [4.78, 5) is 35.6. The summed E-state index contributed by atoms with van der Waals surface area (Å²) in [6, 6.07) is 0. The van der Waals surface area contributed by atoms with Gasteiger partial charge in [0.15, 0.2) is 17.1 Å². The minimum atomic E-state index is -1.02. The predicted molar refractivity (Wildman–Crippen MR) is 78.4 cm³/mol. The van der Waals surface area contributed by atoms with Crippen LogP contribution in [0.5, 0.6) is 5.88 Å². The SMILES string of the molecule is COC(=O)C(CCn1cnc2c(OC)nc(N)nc21)C(=O)OC. The van der Waals surface area contributed by atoms with Gasteiger partial charge in [-0.3, -0.25) is 9.59 Å². The summed E-state index contributed by atoms with van der Waals surface area (Å²) in [7, 11) is 3.87. The van der Waals surface area contributed by atoms with Crippen LogP contribution >= 0.6 is 0 Å². The third-order valence-electron chi connectivity index (χ3n) is 3.27. The number of nitrogens with zero attached hydrogens (tertiary/aromatic N) is 4. The van der Waals surface area contributed by atoms with Crippen LogP contribution in [0.1, 0.15) is 6.42 Å². The number of rotatable bonds is 6. The van der Waals surface area contributed by atoms with E-state index in [9.17, 15) is 9.59 Å². The van der Waals surface area contributed by atoms with Crippen molar-refractivity contribution in [1.29, 1.82) is 0 Å². The highest BCUT2D eigenvalue weighted by atomic mass is 16.5. The fourth-order valence-electron chi connectivity index (χ4n) is 2.12.